The number of carboxylic acid groups (broad SMARTS) is 1. The maximum absolute atomic E-state index is 12.5. The van der Waals surface area contributed by atoms with Gasteiger partial charge in [-0.05, 0) is 36.8 Å². The van der Waals surface area contributed by atoms with E-state index in [0.717, 1.165) is 0 Å². The molecule has 1 aliphatic rings. The first-order valence-corrected chi connectivity index (χ1v) is 8.82. The fourth-order valence-corrected chi connectivity index (χ4v) is 3.05. The second-order valence-electron chi connectivity index (χ2n) is 6.81. The summed E-state index contributed by atoms with van der Waals surface area (Å²) in [7, 11) is 0. The zero-order valence-electron chi connectivity index (χ0n) is 15.1. The molecule has 26 heavy (non-hydrogen) atoms. The zero-order chi connectivity index (χ0) is 19.1. The Morgan fingerprint density at radius 3 is 2.50 bits per heavy atom. The molecule has 2 atom stereocenters. The lowest BCUT2D eigenvalue weighted by atomic mass is 9.86. The maximum Gasteiger partial charge on any atom is 0.308 e. The molecule has 1 aromatic heterocycles. The third-order valence-corrected chi connectivity index (χ3v) is 4.63. The molecular weight excluding hydrogens is 340 g/mol. The van der Waals surface area contributed by atoms with Crippen molar-refractivity contribution in [2.75, 3.05) is 19.8 Å². The van der Waals surface area contributed by atoms with Crippen molar-refractivity contribution in [1.29, 1.82) is 0 Å². The number of rotatable bonds is 8. The fraction of sp³-hybridized carbons (Fsp3) is 0.611. The largest absolute Gasteiger partial charge is 0.481 e. The van der Waals surface area contributed by atoms with Gasteiger partial charge in [0.05, 0.1) is 12.2 Å². The van der Waals surface area contributed by atoms with Crippen LogP contribution >= 0.6 is 0 Å². The van der Waals surface area contributed by atoms with Gasteiger partial charge in [-0.1, -0.05) is 13.8 Å². The Kier molecular flexibility index (Phi) is 7.20. The minimum atomic E-state index is -0.932. The molecule has 2 unspecified atom stereocenters. The van der Waals surface area contributed by atoms with Crippen molar-refractivity contribution in [3.63, 3.8) is 0 Å². The summed E-state index contributed by atoms with van der Waals surface area (Å²) in [6, 6.07) is 2.32. The molecule has 0 aromatic carbocycles. The summed E-state index contributed by atoms with van der Waals surface area (Å²) in [6.45, 7) is 4.71. The van der Waals surface area contributed by atoms with Crippen LogP contribution in [-0.2, 0) is 14.3 Å². The van der Waals surface area contributed by atoms with E-state index in [0.29, 0.717) is 26.1 Å². The van der Waals surface area contributed by atoms with Crippen LogP contribution in [0.1, 0.15) is 37.2 Å². The van der Waals surface area contributed by atoms with Crippen LogP contribution in [0.5, 0.6) is 0 Å². The Hall–Kier alpha value is -2.35. The summed E-state index contributed by atoms with van der Waals surface area (Å²) >= 11 is 0. The Labute approximate surface area is 152 Å². The molecule has 0 radical (unpaired) electrons. The van der Waals surface area contributed by atoms with Crippen LogP contribution in [-0.4, -0.2) is 48.7 Å². The van der Waals surface area contributed by atoms with Crippen molar-refractivity contribution in [1.82, 2.24) is 10.6 Å². The SMILES string of the molecule is CC(C)C(NC(=O)c1ccco1)C(=O)NCC(C(=O)O)C1CCOCC1. The van der Waals surface area contributed by atoms with E-state index in [1.54, 1.807) is 19.9 Å². The predicted octanol–water partition coefficient (Wildman–Crippen LogP) is 1.28. The van der Waals surface area contributed by atoms with Crippen LogP contribution in [0.4, 0.5) is 0 Å². The summed E-state index contributed by atoms with van der Waals surface area (Å²) in [6.07, 6.45) is 2.70. The average Bonchev–Trinajstić information content (AvgIpc) is 3.14. The molecule has 1 aromatic rings. The third-order valence-electron chi connectivity index (χ3n) is 4.63. The van der Waals surface area contributed by atoms with Crippen LogP contribution in [0.25, 0.3) is 0 Å². The van der Waals surface area contributed by atoms with E-state index >= 15 is 0 Å². The molecule has 0 aliphatic carbocycles. The standard InChI is InChI=1S/C18H26N2O6/c1-11(2)15(20-16(21)14-4-3-7-26-14)17(22)19-10-13(18(23)24)12-5-8-25-9-6-12/h3-4,7,11-13,15H,5-6,8-10H2,1-2H3,(H,19,22)(H,20,21)(H,23,24). The van der Waals surface area contributed by atoms with Crippen LogP contribution in [0.2, 0.25) is 0 Å². The van der Waals surface area contributed by atoms with Crippen LogP contribution < -0.4 is 10.6 Å². The molecule has 1 fully saturated rings. The number of carbonyl (C=O) groups is 3. The number of amides is 2. The summed E-state index contributed by atoms with van der Waals surface area (Å²) < 4.78 is 10.3. The van der Waals surface area contributed by atoms with Gasteiger partial charge in [-0.3, -0.25) is 14.4 Å². The number of aliphatic carboxylic acids is 1. The van der Waals surface area contributed by atoms with Crippen molar-refractivity contribution in [3.05, 3.63) is 24.2 Å². The van der Waals surface area contributed by atoms with Crippen molar-refractivity contribution in [2.24, 2.45) is 17.8 Å². The van der Waals surface area contributed by atoms with Gasteiger partial charge in [0.1, 0.15) is 6.04 Å². The molecular formula is C18H26N2O6. The molecule has 0 bridgehead atoms. The first-order valence-electron chi connectivity index (χ1n) is 8.82. The lowest BCUT2D eigenvalue weighted by molar-refractivity contribution is -0.145. The minimum Gasteiger partial charge on any atom is -0.481 e. The Bertz CT molecular complexity index is 607. The highest BCUT2D eigenvalue weighted by molar-refractivity contribution is 5.95. The van der Waals surface area contributed by atoms with Gasteiger partial charge in [0, 0.05) is 19.8 Å². The molecule has 2 heterocycles. The monoisotopic (exact) mass is 366 g/mol. The molecule has 2 rings (SSSR count). The molecule has 2 amide bonds. The smallest absolute Gasteiger partial charge is 0.308 e. The molecule has 3 N–H and O–H groups in total. The van der Waals surface area contributed by atoms with Gasteiger partial charge < -0.3 is 24.9 Å². The zero-order valence-corrected chi connectivity index (χ0v) is 15.1. The molecule has 0 spiro atoms. The second kappa shape index (κ2) is 9.38. The van der Waals surface area contributed by atoms with Crippen molar-refractivity contribution >= 4 is 17.8 Å². The first-order chi connectivity index (χ1) is 12.4. The highest BCUT2D eigenvalue weighted by Crippen LogP contribution is 2.23. The number of nitrogens with one attached hydrogen (secondary N) is 2. The number of furan rings is 1. The van der Waals surface area contributed by atoms with Crippen LogP contribution in [0.15, 0.2) is 22.8 Å². The van der Waals surface area contributed by atoms with E-state index < -0.39 is 29.7 Å². The predicted molar refractivity (Wildman–Crippen MR) is 92.5 cm³/mol. The molecule has 1 aliphatic heterocycles. The summed E-state index contributed by atoms with van der Waals surface area (Å²) in [5.41, 5.74) is 0. The van der Waals surface area contributed by atoms with Crippen LogP contribution in [0, 0.1) is 17.8 Å². The number of hydrogen-bond donors (Lipinski definition) is 3. The van der Waals surface area contributed by atoms with Gasteiger partial charge in [0.2, 0.25) is 5.91 Å². The Morgan fingerprint density at radius 2 is 1.96 bits per heavy atom. The quantitative estimate of drug-likeness (QED) is 0.638. The molecule has 0 saturated carbocycles. The van der Waals surface area contributed by atoms with Gasteiger partial charge in [0.25, 0.3) is 5.91 Å². The normalized spacial score (nSPS) is 17.5. The molecule has 8 heteroatoms. The van der Waals surface area contributed by atoms with E-state index in [2.05, 4.69) is 10.6 Å². The van der Waals surface area contributed by atoms with Gasteiger partial charge >= 0.3 is 5.97 Å². The lowest BCUT2D eigenvalue weighted by Gasteiger charge is -2.28. The third kappa shape index (κ3) is 5.32. The van der Waals surface area contributed by atoms with E-state index in [1.807, 2.05) is 0 Å². The van der Waals surface area contributed by atoms with Crippen LogP contribution in [0.3, 0.4) is 0 Å². The van der Waals surface area contributed by atoms with Crippen molar-refractivity contribution in [3.8, 4) is 0 Å². The maximum atomic E-state index is 12.5. The van der Waals surface area contributed by atoms with Gasteiger partial charge in [-0.25, -0.2) is 0 Å². The highest BCUT2D eigenvalue weighted by atomic mass is 16.5. The highest BCUT2D eigenvalue weighted by Gasteiger charge is 2.32. The number of carboxylic acids is 1. The number of ether oxygens (including phenoxy) is 1. The van der Waals surface area contributed by atoms with Crippen molar-refractivity contribution in [2.45, 2.75) is 32.7 Å². The van der Waals surface area contributed by atoms with Gasteiger partial charge in [-0.15, -0.1) is 0 Å². The summed E-state index contributed by atoms with van der Waals surface area (Å²) in [4.78, 5) is 36.2. The van der Waals surface area contributed by atoms with E-state index in [-0.39, 0.29) is 24.1 Å². The first kappa shape index (κ1) is 20.0. The topological polar surface area (TPSA) is 118 Å². The lowest BCUT2D eigenvalue weighted by Crippen LogP contribution is -2.51. The fourth-order valence-electron chi connectivity index (χ4n) is 3.05. The molecule has 8 nitrogen and oxygen atoms in total. The Morgan fingerprint density at radius 1 is 1.27 bits per heavy atom. The number of hydrogen-bond acceptors (Lipinski definition) is 5. The minimum absolute atomic E-state index is 0.0265. The second-order valence-corrected chi connectivity index (χ2v) is 6.81. The average molecular weight is 366 g/mol. The van der Waals surface area contributed by atoms with Gasteiger partial charge in [-0.2, -0.15) is 0 Å². The summed E-state index contributed by atoms with van der Waals surface area (Å²) in [5, 5.41) is 14.8. The van der Waals surface area contributed by atoms with Gasteiger partial charge in [0.15, 0.2) is 5.76 Å². The molecule has 144 valence electrons. The Balaban J connectivity index is 1.95. The van der Waals surface area contributed by atoms with E-state index in [4.69, 9.17) is 9.15 Å². The molecule has 1 saturated heterocycles. The van der Waals surface area contributed by atoms with E-state index in [9.17, 15) is 19.5 Å². The number of carbonyl (C=O) groups excluding carboxylic acids is 2. The summed E-state index contributed by atoms with van der Waals surface area (Å²) in [5.74, 6) is -2.57. The van der Waals surface area contributed by atoms with Crippen molar-refractivity contribution < 1.29 is 28.6 Å². The van der Waals surface area contributed by atoms with E-state index in [1.165, 1.54) is 12.3 Å².